The number of aliphatic hydroxyl groups is 1. The van der Waals surface area contributed by atoms with E-state index in [2.05, 4.69) is 10.3 Å². The Bertz CT molecular complexity index is 1140. The molecule has 0 amide bonds. The molecule has 5 nitrogen and oxygen atoms in total. The van der Waals surface area contributed by atoms with Gasteiger partial charge in [-0.15, -0.1) is 0 Å². The lowest BCUT2D eigenvalue weighted by atomic mass is 9.85. The van der Waals surface area contributed by atoms with Crippen LogP contribution in [0.5, 0.6) is 0 Å². The number of rotatable bonds is 5. The van der Waals surface area contributed by atoms with E-state index in [-0.39, 0.29) is 11.1 Å². The molecular formula is C21H17F4N3O2. The van der Waals surface area contributed by atoms with E-state index >= 15 is 0 Å². The van der Waals surface area contributed by atoms with Gasteiger partial charge in [-0.2, -0.15) is 13.2 Å². The van der Waals surface area contributed by atoms with Crippen molar-refractivity contribution in [3.63, 3.8) is 0 Å². The van der Waals surface area contributed by atoms with Crippen LogP contribution in [0.3, 0.4) is 0 Å². The lowest BCUT2D eigenvalue weighted by Crippen LogP contribution is -2.44. The highest BCUT2D eigenvalue weighted by atomic mass is 19.4. The number of aromatic amines is 1. The fourth-order valence-corrected chi connectivity index (χ4v) is 3.01. The molecule has 2 aromatic carbocycles. The SMILES string of the molecule is Cc1cc(C(O)(c2ccc(Nc3ccc(F)cc3)c(C=N)c2)C(F)(F)F)c[nH]c1=O. The maximum atomic E-state index is 14.0. The highest BCUT2D eigenvalue weighted by Crippen LogP contribution is 2.44. The van der Waals surface area contributed by atoms with Crippen molar-refractivity contribution in [2.24, 2.45) is 0 Å². The second-order valence-electron chi connectivity index (χ2n) is 6.69. The lowest BCUT2D eigenvalue weighted by Gasteiger charge is -2.32. The van der Waals surface area contributed by atoms with E-state index < -0.39 is 34.3 Å². The normalized spacial score (nSPS) is 13.5. The number of halogens is 4. The van der Waals surface area contributed by atoms with Crippen LogP contribution in [0.2, 0.25) is 0 Å². The summed E-state index contributed by atoms with van der Waals surface area (Å²) in [5.74, 6) is -0.449. The molecule has 0 saturated heterocycles. The van der Waals surface area contributed by atoms with Crippen LogP contribution >= 0.6 is 0 Å². The van der Waals surface area contributed by atoms with Crippen LogP contribution in [0.15, 0.2) is 59.5 Å². The summed E-state index contributed by atoms with van der Waals surface area (Å²) in [7, 11) is 0. The van der Waals surface area contributed by atoms with Gasteiger partial charge in [-0.1, -0.05) is 6.07 Å². The van der Waals surface area contributed by atoms with E-state index in [1.807, 2.05) is 0 Å². The molecule has 1 aromatic heterocycles. The largest absolute Gasteiger partial charge is 0.425 e. The van der Waals surface area contributed by atoms with Gasteiger partial charge in [-0.05, 0) is 55.0 Å². The van der Waals surface area contributed by atoms with Gasteiger partial charge in [0.25, 0.3) is 5.56 Å². The molecule has 0 spiro atoms. The number of H-pyrrole nitrogens is 1. The van der Waals surface area contributed by atoms with E-state index in [0.29, 0.717) is 11.4 Å². The van der Waals surface area contributed by atoms with E-state index in [9.17, 15) is 27.5 Å². The maximum absolute atomic E-state index is 14.0. The Labute approximate surface area is 168 Å². The van der Waals surface area contributed by atoms with Crippen LogP contribution in [-0.2, 0) is 5.60 Å². The van der Waals surface area contributed by atoms with Crippen LogP contribution in [-0.4, -0.2) is 22.5 Å². The first-order valence-corrected chi connectivity index (χ1v) is 8.73. The first kappa shape index (κ1) is 21.3. The predicted octanol–water partition coefficient (Wildman–Crippen LogP) is 4.36. The summed E-state index contributed by atoms with van der Waals surface area (Å²) in [6.07, 6.45) is -3.45. The summed E-state index contributed by atoms with van der Waals surface area (Å²) in [5.41, 5.74) is -4.21. The van der Waals surface area contributed by atoms with Gasteiger partial charge in [0.05, 0.1) is 0 Å². The number of anilines is 2. The number of aryl methyl sites for hydroxylation is 1. The molecule has 0 aliphatic rings. The van der Waals surface area contributed by atoms with Gasteiger partial charge < -0.3 is 20.8 Å². The molecule has 1 heterocycles. The zero-order valence-corrected chi connectivity index (χ0v) is 15.6. The first-order valence-electron chi connectivity index (χ1n) is 8.73. The van der Waals surface area contributed by atoms with Crippen LogP contribution < -0.4 is 10.9 Å². The van der Waals surface area contributed by atoms with E-state index in [0.717, 1.165) is 30.6 Å². The summed E-state index contributed by atoms with van der Waals surface area (Å²) >= 11 is 0. The smallest absolute Gasteiger partial charge is 0.372 e. The second-order valence-corrected chi connectivity index (χ2v) is 6.69. The maximum Gasteiger partial charge on any atom is 0.425 e. The molecule has 30 heavy (non-hydrogen) atoms. The Balaban J connectivity index is 2.10. The minimum absolute atomic E-state index is 0.0112. The molecule has 4 N–H and O–H groups in total. The third kappa shape index (κ3) is 3.84. The van der Waals surface area contributed by atoms with Crippen LogP contribution in [0.25, 0.3) is 0 Å². The fraction of sp³-hybridized carbons (Fsp3) is 0.143. The van der Waals surface area contributed by atoms with Crippen molar-refractivity contribution in [2.45, 2.75) is 18.7 Å². The van der Waals surface area contributed by atoms with Crippen molar-refractivity contribution < 1.29 is 22.7 Å². The Kier molecular flexibility index (Phi) is 5.49. The summed E-state index contributed by atoms with van der Waals surface area (Å²) in [4.78, 5) is 13.7. The molecular weight excluding hydrogens is 402 g/mol. The number of nitrogens with one attached hydrogen (secondary N) is 3. The Hall–Kier alpha value is -3.46. The second kappa shape index (κ2) is 7.75. The van der Waals surface area contributed by atoms with Gasteiger partial charge in [-0.25, -0.2) is 4.39 Å². The van der Waals surface area contributed by atoms with Gasteiger partial charge in [0.2, 0.25) is 5.60 Å². The number of aromatic nitrogens is 1. The number of alkyl halides is 3. The van der Waals surface area contributed by atoms with Crippen molar-refractivity contribution in [1.29, 1.82) is 5.41 Å². The summed E-state index contributed by atoms with van der Waals surface area (Å²) in [6.45, 7) is 1.33. The molecule has 0 aliphatic heterocycles. The molecule has 0 fully saturated rings. The lowest BCUT2D eigenvalue weighted by molar-refractivity contribution is -0.248. The van der Waals surface area contributed by atoms with Crippen molar-refractivity contribution in [3.05, 3.63) is 93.2 Å². The van der Waals surface area contributed by atoms with Gasteiger partial charge in [0.1, 0.15) is 5.82 Å². The molecule has 1 unspecified atom stereocenters. The quantitative estimate of drug-likeness (QED) is 0.366. The number of hydrogen-bond donors (Lipinski definition) is 4. The highest BCUT2D eigenvalue weighted by Gasteiger charge is 2.56. The van der Waals surface area contributed by atoms with Crippen molar-refractivity contribution in [2.75, 3.05) is 5.32 Å². The van der Waals surface area contributed by atoms with Crippen molar-refractivity contribution in [3.8, 4) is 0 Å². The molecule has 3 rings (SSSR count). The zero-order chi connectivity index (χ0) is 22.1. The van der Waals surface area contributed by atoms with Gasteiger partial charge >= 0.3 is 6.18 Å². The van der Waals surface area contributed by atoms with Crippen molar-refractivity contribution in [1.82, 2.24) is 4.98 Å². The van der Waals surface area contributed by atoms with Crippen LogP contribution in [0.4, 0.5) is 28.9 Å². The summed E-state index contributed by atoms with van der Waals surface area (Å²) < 4.78 is 55.0. The van der Waals surface area contributed by atoms with Crippen molar-refractivity contribution >= 4 is 17.6 Å². The molecule has 0 radical (unpaired) electrons. The van der Waals surface area contributed by atoms with Gasteiger partial charge in [-0.3, -0.25) is 4.79 Å². The van der Waals surface area contributed by atoms with Crippen LogP contribution in [0, 0.1) is 18.2 Å². The van der Waals surface area contributed by atoms with E-state index in [1.165, 1.54) is 37.3 Å². The molecule has 3 aromatic rings. The predicted molar refractivity (Wildman–Crippen MR) is 105 cm³/mol. The molecule has 156 valence electrons. The van der Waals surface area contributed by atoms with E-state index in [1.54, 1.807) is 0 Å². The first-order chi connectivity index (χ1) is 14.1. The topological polar surface area (TPSA) is 89.0 Å². The Morgan fingerprint density at radius 1 is 1.07 bits per heavy atom. The average Bonchev–Trinajstić information content (AvgIpc) is 2.70. The number of pyridine rings is 1. The van der Waals surface area contributed by atoms with Gasteiger partial charge in [0.15, 0.2) is 0 Å². The fourth-order valence-electron chi connectivity index (χ4n) is 3.01. The monoisotopic (exact) mass is 419 g/mol. The molecule has 9 heteroatoms. The van der Waals surface area contributed by atoms with Crippen LogP contribution in [0.1, 0.15) is 22.3 Å². The standard InChI is InChI=1S/C21H17F4N3O2/c1-12-8-15(11-27-19(12)29)20(30,21(23,24)25)14-2-7-18(13(9-14)10-26)28-17-5-3-16(22)4-6-17/h2-11,26,28,30H,1H3,(H,27,29). The third-order valence-corrected chi connectivity index (χ3v) is 4.67. The van der Waals surface area contributed by atoms with E-state index in [4.69, 9.17) is 5.41 Å². The minimum Gasteiger partial charge on any atom is -0.372 e. The Morgan fingerprint density at radius 3 is 2.30 bits per heavy atom. The average molecular weight is 419 g/mol. The Morgan fingerprint density at radius 2 is 1.73 bits per heavy atom. The minimum atomic E-state index is -5.11. The molecule has 0 bridgehead atoms. The number of benzene rings is 2. The zero-order valence-electron chi connectivity index (χ0n) is 15.6. The summed E-state index contributed by atoms with van der Waals surface area (Å²) in [5, 5.41) is 21.2. The number of hydrogen-bond acceptors (Lipinski definition) is 4. The van der Waals surface area contributed by atoms with Gasteiger partial charge in [0, 0.05) is 40.5 Å². The third-order valence-electron chi connectivity index (χ3n) is 4.67. The molecule has 1 atom stereocenters. The summed E-state index contributed by atoms with van der Waals surface area (Å²) in [6, 6.07) is 9.66. The molecule has 0 saturated carbocycles. The highest BCUT2D eigenvalue weighted by molar-refractivity contribution is 5.88. The molecule has 0 aliphatic carbocycles.